The topological polar surface area (TPSA) is 72.1 Å². The minimum Gasteiger partial charge on any atom is -0.463 e. The number of hydrogen-bond donors (Lipinski definition) is 1. The van der Waals surface area contributed by atoms with E-state index >= 15 is 0 Å². The molecule has 5 heteroatoms. The lowest BCUT2D eigenvalue weighted by atomic mass is 10.0. The van der Waals surface area contributed by atoms with E-state index in [4.69, 9.17) is 4.74 Å². The number of rotatable bonds is 4. The summed E-state index contributed by atoms with van der Waals surface area (Å²) in [6, 6.07) is 13.0. The quantitative estimate of drug-likeness (QED) is 0.586. The first-order valence-electron chi connectivity index (χ1n) is 8.04. The highest BCUT2D eigenvalue weighted by atomic mass is 16.5. The molecule has 5 nitrogen and oxygen atoms in total. The molecule has 2 aromatic heterocycles. The van der Waals surface area contributed by atoms with Crippen LogP contribution in [0.5, 0.6) is 0 Å². The van der Waals surface area contributed by atoms with Gasteiger partial charge in [0.1, 0.15) is 5.65 Å². The van der Waals surface area contributed by atoms with Crippen molar-refractivity contribution in [1.82, 2.24) is 9.97 Å². The zero-order valence-corrected chi connectivity index (χ0v) is 14.1. The number of esters is 1. The van der Waals surface area contributed by atoms with E-state index in [1.54, 1.807) is 19.1 Å². The van der Waals surface area contributed by atoms with Gasteiger partial charge in [0.05, 0.1) is 17.7 Å². The molecule has 0 spiro atoms. The lowest BCUT2D eigenvalue weighted by Crippen LogP contribution is -2.11. The summed E-state index contributed by atoms with van der Waals surface area (Å²) in [4.78, 5) is 32.2. The number of nitrogens with one attached hydrogen (secondary N) is 1. The third kappa shape index (κ3) is 3.50. The zero-order chi connectivity index (χ0) is 17.8. The van der Waals surface area contributed by atoms with Crippen LogP contribution in [0.1, 0.15) is 18.2 Å². The van der Waals surface area contributed by atoms with Gasteiger partial charge in [0.15, 0.2) is 5.43 Å². The third-order valence-corrected chi connectivity index (χ3v) is 3.77. The van der Waals surface area contributed by atoms with E-state index in [1.807, 2.05) is 37.3 Å². The summed E-state index contributed by atoms with van der Waals surface area (Å²) in [5.74, 6) is -0.483. The molecule has 0 aliphatic heterocycles. The first kappa shape index (κ1) is 16.6. The van der Waals surface area contributed by atoms with Crippen LogP contribution in [0.2, 0.25) is 0 Å². The van der Waals surface area contributed by atoms with Crippen LogP contribution in [-0.2, 0) is 9.53 Å². The molecule has 0 radical (unpaired) electrons. The molecule has 0 saturated carbocycles. The fourth-order valence-electron chi connectivity index (χ4n) is 2.61. The maximum Gasteiger partial charge on any atom is 0.330 e. The van der Waals surface area contributed by atoms with E-state index in [0.29, 0.717) is 22.3 Å². The fourth-order valence-corrected chi connectivity index (χ4v) is 2.61. The molecule has 0 aliphatic carbocycles. The molecule has 2 heterocycles. The van der Waals surface area contributed by atoms with E-state index in [2.05, 4.69) is 9.97 Å². The van der Waals surface area contributed by atoms with Crippen LogP contribution in [-0.4, -0.2) is 22.5 Å². The van der Waals surface area contributed by atoms with Crippen LogP contribution >= 0.6 is 0 Å². The first-order chi connectivity index (χ1) is 12.1. The number of carbonyl (C=O) groups is 1. The molecule has 1 aromatic carbocycles. The number of benzene rings is 1. The third-order valence-electron chi connectivity index (χ3n) is 3.77. The summed E-state index contributed by atoms with van der Waals surface area (Å²) in [5.41, 5.74) is 3.03. The lowest BCUT2D eigenvalue weighted by Gasteiger charge is -2.09. The van der Waals surface area contributed by atoms with Crippen molar-refractivity contribution in [2.75, 3.05) is 6.61 Å². The Morgan fingerprint density at radius 1 is 1.20 bits per heavy atom. The van der Waals surface area contributed by atoms with Gasteiger partial charge in [-0.2, -0.15) is 0 Å². The van der Waals surface area contributed by atoms with Gasteiger partial charge in [0, 0.05) is 17.3 Å². The second kappa shape index (κ2) is 7.13. The minimum absolute atomic E-state index is 0.180. The first-order valence-corrected chi connectivity index (χ1v) is 8.04. The standard InChI is InChI=1S/C20H18N2O3/c1-3-25-17(23)12-11-15-18(14-7-5-4-6-8-14)22-20-16(19(15)24)10-9-13(2)21-20/h4-12H,3H2,1-2H3,(H,21,22,24)/b12-11+. The minimum atomic E-state index is -0.483. The van der Waals surface area contributed by atoms with Crippen molar-refractivity contribution in [2.24, 2.45) is 0 Å². The number of H-pyrrole nitrogens is 1. The molecular formula is C20H18N2O3. The average Bonchev–Trinajstić information content (AvgIpc) is 2.61. The molecule has 3 aromatic rings. The van der Waals surface area contributed by atoms with Crippen LogP contribution in [0.15, 0.2) is 53.3 Å². The van der Waals surface area contributed by atoms with Crippen LogP contribution in [0.4, 0.5) is 0 Å². The maximum atomic E-state index is 12.9. The van der Waals surface area contributed by atoms with Crippen molar-refractivity contribution in [3.05, 3.63) is 70.0 Å². The summed E-state index contributed by atoms with van der Waals surface area (Å²) in [5, 5.41) is 0.480. The van der Waals surface area contributed by atoms with E-state index in [0.717, 1.165) is 11.3 Å². The number of ether oxygens (including phenoxy) is 1. The number of pyridine rings is 2. The normalized spacial score (nSPS) is 11.1. The van der Waals surface area contributed by atoms with Crippen molar-refractivity contribution in [3.8, 4) is 11.3 Å². The smallest absolute Gasteiger partial charge is 0.330 e. The van der Waals surface area contributed by atoms with Gasteiger partial charge in [-0.1, -0.05) is 30.3 Å². The van der Waals surface area contributed by atoms with Crippen molar-refractivity contribution >= 4 is 23.1 Å². The van der Waals surface area contributed by atoms with Crippen LogP contribution in [0, 0.1) is 6.92 Å². The largest absolute Gasteiger partial charge is 0.463 e. The Labute approximate surface area is 145 Å². The number of fused-ring (bicyclic) bond motifs is 1. The van der Waals surface area contributed by atoms with Gasteiger partial charge in [0.25, 0.3) is 0 Å². The predicted molar refractivity (Wildman–Crippen MR) is 98.2 cm³/mol. The Morgan fingerprint density at radius 2 is 1.96 bits per heavy atom. The van der Waals surface area contributed by atoms with Crippen molar-refractivity contribution in [3.63, 3.8) is 0 Å². The molecule has 0 aliphatic rings. The predicted octanol–water partition coefficient (Wildman–Crippen LogP) is 3.47. The number of hydrogen-bond acceptors (Lipinski definition) is 4. The molecule has 0 bridgehead atoms. The Hall–Kier alpha value is -3.21. The van der Waals surface area contributed by atoms with Crippen LogP contribution in [0.3, 0.4) is 0 Å². The molecule has 0 fully saturated rings. The molecule has 0 amide bonds. The highest BCUT2D eigenvalue weighted by molar-refractivity contribution is 5.91. The van der Waals surface area contributed by atoms with Gasteiger partial charge in [-0.05, 0) is 37.6 Å². The van der Waals surface area contributed by atoms with Gasteiger partial charge < -0.3 is 9.72 Å². The van der Waals surface area contributed by atoms with E-state index in [9.17, 15) is 9.59 Å². The molecule has 0 atom stereocenters. The molecule has 3 rings (SSSR count). The number of aromatic nitrogens is 2. The van der Waals surface area contributed by atoms with Crippen molar-refractivity contribution < 1.29 is 9.53 Å². The molecule has 126 valence electrons. The SMILES string of the molecule is CCOC(=O)/C=C/c1c(-c2ccccc2)[nH]c2nc(C)ccc2c1=O. The maximum absolute atomic E-state index is 12.9. The summed E-state index contributed by atoms with van der Waals surface area (Å²) >= 11 is 0. The number of carbonyl (C=O) groups excluding carboxylic acids is 1. The fraction of sp³-hybridized carbons (Fsp3) is 0.150. The zero-order valence-electron chi connectivity index (χ0n) is 14.1. The number of aromatic amines is 1. The highest BCUT2D eigenvalue weighted by Gasteiger charge is 2.13. The molecule has 0 saturated heterocycles. The summed E-state index contributed by atoms with van der Waals surface area (Å²) in [6.07, 6.45) is 2.77. The van der Waals surface area contributed by atoms with Gasteiger partial charge in [-0.25, -0.2) is 9.78 Å². The van der Waals surface area contributed by atoms with E-state index in [-0.39, 0.29) is 12.0 Å². The monoisotopic (exact) mass is 334 g/mol. The summed E-state index contributed by atoms with van der Waals surface area (Å²) in [6.45, 7) is 3.89. The van der Waals surface area contributed by atoms with Gasteiger partial charge in [-0.15, -0.1) is 0 Å². The molecule has 1 N–H and O–H groups in total. The second-order valence-corrected chi connectivity index (χ2v) is 5.54. The van der Waals surface area contributed by atoms with Gasteiger partial charge in [0.2, 0.25) is 0 Å². The summed E-state index contributed by atoms with van der Waals surface area (Å²) < 4.78 is 4.90. The lowest BCUT2D eigenvalue weighted by molar-refractivity contribution is -0.137. The molecule has 25 heavy (non-hydrogen) atoms. The Bertz CT molecular complexity index is 1000. The van der Waals surface area contributed by atoms with Gasteiger partial charge in [-0.3, -0.25) is 4.79 Å². The highest BCUT2D eigenvalue weighted by Crippen LogP contribution is 2.23. The second-order valence-electron chi connectivity index (χ2n) is 5.54. The van der Waals surface area contributed by atoms with Crippen molar-refractivity contribution in [2.45, 2.75) is 13.8 Å². The van der Waals surface area contributed by atoms with Gasteiger partial charge >= 0.3 is 5.97 Å². The van der Waals surface area contributed by atoms with E-state index in [1.165, 1.54) is 12.2 Å². The number of aryl methyl sites for hydroxylation is 1. The average molecular weight is 334 g/mol. The summed E-state index contributed by atoms with van der Waals surface area (Å²) in [7, 11) is 0. The van der Waals surface area contributed by atoms with Crippen molar-refractivity contribution in [1.29, 1.82) is 0 Å². The van der Waals surface area contributed by atoms with E-state index < -0.39 is 5.97 Å². The van der Waals surface area contributed by atoms with Crippen LogP contribution in [0.25, 0.3) is 28.4 Å². The Kier molecular flexibility index (Phi) is 4.75. The number of nitrogens with zero attached hydrogens (tertiary/aromatic N) is 1. The van der Waals surface area contributed by atoms with Crippen LogP contribution < -0.4 is 5.43 Å². The molecular weight excluding hydrogens is 316 g/mol. The Morgan fingerprint density at radius 3 is 2.68 bits per heavy atom. The molecule has 0 unspecified atom stereocenters. The Balaban J connectivity index is 2.25.